The molecule has 8 heteroatoms. The number of nitrogens with one attached hydrogen (secondary N) is 1. The van der Waals surface area contributed by atoms with Crippen molar-refractivity contribution in [3.8, 4) is 0 Å². The SMILES string of the molecule is CO[C@@H]1CN(c2ccnc(N)n2)C[C@@H]1NCc1cccc(C(=O)N(C)C)c1. The van der Waals surface area contributed by atoms with Crippen LogP contribution < -0.4 is 16.0 Å². The van der Waals surface area contributed by atoms with Gasteiger partial charge >= 0.3 is 0 Å². The predicted molar refractivity (Wildman–Crippen MR) is 105 cm³/mol. The number of nitrogens with zero attached hydrogens (tertiary/aromatic N) is 4. The highest BCUT2D eigenvalue weighted by Crippen LogP contribution is 2.20. The summed E-state index contributed by atoms with van der Waals surface area (Å²) in [4.78, 5) is 24.1. The third-order valence-corrected chi connectivity index (χ3v) is 4.70. The lowest BCUT2D eigenvalue weighted by atomic mass is 10.1. The highest BCUT2D eigenvalue weighted by atomic mass is 16.5. The van der Waals surface area contributed by atoms with Crippen molar-refractivity contribution in [2.75, 3.05) is 44.9 Å². The fourth-order valence-electron chi connectivity index (χ4n) is 3.26. The minimum Gasteiger partial charge on any atom is -0.378 e. The van der Waals surface area contributed by atoms with Crippen LogP contribution in [0.2, 0.25) is 0 Å². The van der Waals surface area contributed by atoms with E-state index in [1.807, 2.05) is 30.3 Å². The van der Waals surface area contributed by atoms with Crippen LogP contribution >= 0.6 is 0 Å². The van der Waals surface area contributed by atoms with Crippen LogP contribution in [0, 0.1) is 0 Å². The zero-order valence-electron chi connectivity index (χ0n) is 15.9. The molecule has 1 saturated heterocycles. The van der Waals surface area contributed by atoms with E-state index < -0.39 is 0 Å². The number of benzene rings is 1. The number of hydrogen-bond acceptors (Lipinski definition) is 7. The zero-order chi connectivity index (χ0) is 19.4. The van der Waals surface area contributed by atoms with Gasteiger partial charge in [-0.15, -0.1) is 0 Å². The number of rotatable bonds is 6. The monoisotopic (exact) mass is 370 g/mol. The Morgan fingerprint density at radius 2 is 2.19 bits per heavy atom. The van der Waals surface area contributed by atoms with Crippen molar-refractivity contribution in [3.05, 3.63) is 47.7 Å². The molecule has 27 heavy (non-hydrogen) atoms. The second kappa shape index (κ2) is 8.32. The van der Waals surface area contributed by atoms with Crippen LogP contribution in [0.25, 0.3) is 0 Å². The molecule has 3 rings (SSSR count). The number of ether oxygens (including phenoxy) is 1. The number of anilines is 2. The molecule has 1 aromatic heterocycles. The number of carbonyl (C=O) groups excluding carboxylic acids is 1. The average molecular weight is 370 g/mol. The third-order valence-electron chi connectivity index (χ3n) is 4.70. The third kappa shape index (κ3) is 4.53. The summed E-state index contributed by atoms with van der Waals surface area (Å²) in [7, 11) is 5.22. The van der Waals surface area contributed by atoms with Crippen molar-refractivity contribution < 1.29 is 9.53 Å². The highest BCUT2D eigenvalue weighted by molar-refractivity contribution is 5.94. The summed E-state index contributed by atoms with van der Waals surface area (Å²) in [5.41, 5.74) is 7.44. The van der Waals surface area contributed by atoms with Gasteiger partial charge in [-0.3, -0.25) is 4.79 Å². The number of methoxy groups -OCH3 is 1. The van der Waals surface area contributed by atoms with E-state index in [9.17, 15) is 4.79 Å². The van der Waals surface area contributed by atoms with Crippen LogP contribution in [-0.4, -0.2) is 67.2 Å². The molecule has 0 spiro atoms. The maximum Gasteiger partial charge on any atom is 0.253 e. The molecular formula is C19H26N6O2. The molecule has 1 amide bonds. The first-order valence-electron chi connectivity index (χ1n) is 8.88. The van der Waals surface area contributed by atoms with Crippen molar-refractivity contribution in [2.45, 2.75) is 18.7 Å². The first-order chi connectivity index (χ1) is 13.0. The summed E-state index contributed by atoms with van der Waals surface area (Å²) in [5, 5.41) is 3.54. The van der Waals surface area contributed by atoms with Crippen LogP contribution in [-0.2, 0) is 11.3 Å². The molecule has 2 aromatic rings. The Morgan fingerprint density at radius 1 is 1.37 bits per heavy atom. The molecule has 0 radical (unpaired) electrons. The molecule has 144 valence electrons. The smallest absolute Gasteiger partial charge is 0.253 e. The quantitative estimate of drug-likeness (QED) is 0.775. The molecule has 0 aliphatic carbocycles. The Bertz CT molecular complexity index is 797. The van der Waals surface area contributed by atoms with Crippen LogP contribution in [0.5, 0.6) is 0 Å². The normalized spacial score (nSPS) is 19.3. The van der Waals surface area contributed by atoms with Crippen LogP contribution in [0.4, 0.5) is 11.8 Å². The topological polar surface area (TPSA) is 96.6 Å². The van der Waals surface area contributed by atoms with E-state index >= 15 is 0 Å². The van der Waals surface area contributed by atoms with Gasteiger partial charge in [0.2, 0.25) is 5.95 Å². The van der Waals surface area contributed by atoms with Crippen molar-refractivity contribution in [1.29, 1.82) is 0 Å². The Balaban J connectivity index is 1.65. The lowest BCUT2D eigenvalue weighted by Crippen LogP contribution is -2.39. The van der Waals surface area contributed by atoms with Gasteiger partial charge < -0.3 is 25.6 Å². The molecule has 0 saturated carbocycles. The Kier molecular flexibility index (Phi) is 5.88. The number of aromatic nitrogens is 2. The van der Waals surface area contributed by atoms with Gasteiger partial charge in [0.25, 0.3) is 5.91 Å². The van der Waals surface area contributed by atoms with Gasteiger partial charge in [-0.2, -0.15) is 4.98 Å². The fourth-order valence-corrected chi connectivity index (χ4v) is 3.26. The van der Waals surface area contributed by atoms with E-state index in [1.165, 1.54) is 0 Å². The minimum atomic E-state index is 0.00000906. The number of hydrogen-bond donors (Lipinski definition) is 2. The molecular weight excluding hydrogens is 344 g/mol. The van der Waals surface area contributed by atoms with E-state index in [0.29, 0.717) is 12.1 Å². The first-order valence-corrected chi connectivity index (χ1v) is 8.88. The van der Waals surface area contributed by atoms with E-state index in [4.69, 9.17) is 10.5 Å². The zero-order valence-corrected chi connectivity index (χ0v) is 15.9. The Morgan fingerprint density at radius 3 is 2.89 bits per heavy atom. The maximum absolute atomic E-state index is 12.1. The molecule has 1 fully saturated rings. The summed E-state index contributed by atoms with van der Waals surface area (Å²) < 4.78 is 5.65. The first kappa shape index (κ1) is 19.1. The second-order valence-electron chi connectivity index (χ2n) is 6.84. The number of nitrogens with two attached hydrogens (primary N) is 1. The van der Waals surface area contributed by atoms with Crippen molar-refractivity contribution >= 4 is 17.7 Å². The molecule has 2 atom stereocenters. The number of amides is 1. The van der Waals surface area contributed by atoms with Crippen molar-refractivity contribution in [2.24, 2.45) is 0 Å². The highest BCUT2D eigenvalue weighted by Gasteiger charge is 2.33. The number of carbonyl (C=O) groups is 1. The largest absolute Gasteiger partial charge is 0.378 e. The lowest BCUT2D eigenvalue weighted by molar-refractivity contribution is 0.0827. The number of nitrogen functional groups attached to an aromatic ring is 1. The van der Waals surface area contributed by atoms with Crippen LogP contribution in [0.3, 0.4) is 0 Å². The van der Waals surface area contributed by atoms with Gasteiger partial charge in [-0.1, -0.05) is 12.1 Å². The predicted octanol–water partition coefficient (Wildman–Crippen LogP) is 0.754. The average Bonchev–Trinajstić information content (AvgIpc) is 3.09. The standard InChI is InChI=1S/C19H26N6O2/c1-24(2)18(26)14-6-4-5-13(9-14)10-22-15-11-25(12-16(15)27-3)17-7-8-21-19(20)23-17/h4-9,15-16,22H,10-12H2,1-3H3,(H2,20,21,23)/t15-,16+/m0/s1. The van der Waals surface area contributed by atoms with Crippen LogP contribution in [0.1, 0.15) is 15.9 Å². The van der Waals surface area contributed by atoms with E-state index in [1.54, 1.807) is 32.3 Å². The molecule has 1 aromatic carbocycles. The van der Waals surface area contributed by atoms with Gasteiger partial charge in [0.1, 0.15) is 5.82 Å². The van der Waals surface area contributed by atoms with Gasteiger partial charge in [0.15, 0.2) is 0 Å². The van der Waals surface area contributed by atoms with Crippen LogP contribution in [0.15, 0.2) is 36.5 Å². The summed E-state index contributed by atoms with van der Waals surface area (Å²) >= 11 is 0. The maximum atomic E-state index is 12.1. The fraction of sp³-hybridized carbons (Fsp3) is 0.421. The Hall–Kier alpha value is -2.71. The lowest BCUT2D eigenvalue weighted by Gasteiger charge is -2.19. The Labute approximate surface area is 159 Å². The molecule has 1 aliphatic heterocycles. The second-order valence-corrected chi connectivity index (χ2v) is 6.84. The van der Waals surface area contributed by atoms with E-state index in [0.717, 1.165) is 24.5 Å². The van der Waals surface area contributed by atoms with E-state index in [-0.39, 0.29) is 24.0 Å². The summed E-state index contributed by atoms with van der Waals surface area (Å²) in [5.74, 6) is 1.06. The van der Waals surface area contributed by atoms with Gasteiger partial charge in [-0.05, 0) is 23.8 Å². The molecule has 3 N–H and O–H groups in total. The summed E-state index contributed by atoms with van der Waals surface area (Å²) in [6.07, 6.45) is 1.70. The van der Waals surface area contributed by atoms with Gasteiger partial charge in [0, 0.05) is 52.6 Å². The van der Waals surface area contributed by atoms with E-state index in [2.05, 4.69) is 20.2 Å². The molecule has 0 bridgehead atoms. The summed E-state index contributed by atoms with van der Waals surface area (Å²) in [6, 6.07) is 9.67. The van der Waals surface area contributed by atoms with Gasteiger partial charge in [-0.25, -0.2) is 4.98 Å². The molecule has 2 heterocycles. The molecule has 1 aliphatic rings. The minimum absolute atomic E-state index is 0.00000906. The van der Waals surface area contributed by atoms with Crippen molar-refractivity contribution in [1.82, 2.24) is 20.2 Å². The summed E-state index contributed by atoms with van der Waals surface area (Å²) in [6.45, 7) is 2.13. The molecule has 8 nitrogen and oxygen atoms in total. The molecule has 0 unspecified atom stereocenters. The van der Waals surface area contributed by atoms with Crippen molar-refractivity contribution in [3.63, 3.8) is 0 Å². The van der Waals surface area contributed by atoms with Gasteiger partial charge in [0.05, 0.1) is 12.1 Å².